The van der Waals surface area contributed by atoms with Crippen molar-refractivity contribution in [3.05, 3.63) is 17.0 Å². The van der Waals surface area contributed by atoms with Crippen molar-refractivity contribution < 1.29 is 4.52 Å². The maximum Gasteiger partial charge on any atom is 0.240 e. The van der Waals surface area contributed by atoms with E-state index in [1.165, 1.54) is 0 Å². The molecule has 1 rings (SSSR count). The van der Waals surface area contributed by atoms with Crippen LogP contribution < -0.4 is 0 Å². The highest BCUT2D eigenvalue weighted by molar-refractivity contribution is 5.38. The van der Waals surface area contributed by atoms with Crippen molar-refractivity contribution in [1.82, 2.24) is 5.16 Å². The summed E-state index contributed by atoms with van der Waals surface area (Å²) in [5, 5.41) is 20.4. The van der Waals surface area contributed by atoms with Crippen molar-refractivity contribution in [3.8, 4) is 12.1 Å². The molecule has 0 bridgehead atoms. The lowest BCUT2D eigenvalue weighted by Crippen LogP contribution is -1.84. The summed E-state index contributed by atoms with van der Waals surface area (Å²) in [5.74, 6) is 0.143. The van der Waals surface area contributed by atoms with E-state index in [9.17, 15) is 0 Å². The molecule has 1 aromatic heterocycles. The fourth-order valence-electron chi connectivity index (χ4n) is 0.813. The third kappa shape index (κ3) is 1.06. The van der Waals surface area contributed by atoms with Crippen molar-refractivity contribution in [2.24, 2.45) is 0 Å². The summed E-state index contributed by atoms with van der Waals surface area (Å²) >= 11 is 0. The molecule has 1 aromatic rings. The minimum atomic E-state index is 0.143. The van der Waals surface area contributed by atoms with Gasteiger partial charge < -0.3 is 4.52 Å². The van der Waals surface area contributed by atoms with Gasteiger partial charge in [-0.25, -0.2) is 0 Å². The lowest BCUT2D eigenvalue weighted by molar-refractivity contribution is 0.407. The van der Waals surface area contributed by atoms with Crippen molar-refractivity contribution in [2.45, 2.75) is 13.3 Å². The summed E-state index contributed by atoms with van der Waals surface area (Å²) in [6.45, 7) is 1.84. The van der Waals surface area contributed by atoms with Gasteiger partial charge in [-0.2, -0.15) is 10.5 Å². The van der Waals surface area contributed by atoms with Gasteiger partial charge in [0.25, 0.3) is 0 Å². The summed E-state index contributed by atoms with van der Waals surface area (Å²) in [4.78, 5) is 0. The quantitative estimate of drug-likeness (QED) is 0.593. The second kappa shape index (κ2) is 2.85. The number of rotatable bonds is 1. The average molecular weight is 147 g/mol. The highest BCUT2D eigenvalue weighted by Crippen LogP contribution is 2.12. The van der Waals surface area contributed by atoms with Crippen LogP contribution in [0.5, 0.6) is 0 Å². The molecule has 4 heteroatoms. The van der Waals surface area contributed by atoms with Crippen LogP contribution in [0, 0.1) is 22.7 Å². The smallest absolute Gasteiger partial charge is 0.240 e. The minimum absolute atomic E-state index is 0.143. The highest BCUT2D eigenvalue weighted by Gasteiger charge is 2.12. The molecular weight excluding hydrogens is 142 g/mol. The molecule has 0 aliphatic rings. The standard InChI is InChI=1S/C7H5N3O/c1-2-5-6(3-8)10-11-7(5)4-9/h2H2,1H3. The molecule has 0 amide bonds. The van der Waals surface area contributed by atoms with Crippen LogP contribution in [0.15, 0.2) is 4.52 Å². The van der Waals surface area contributed by atoms with E-state index in [-0.39, 0.29) is 11.5 Å². The third-order valence-corrected chi connectivity index (χ3v) is 1.35. The third-order valence-electron chi connectivity index (χ3n) is 1.35. The van der Waals surface area contributed by atoms with Gasteiger partial charge in [0.15, 0.2) is 5.69 Å². The fraction of sp³-hybridized carbons (Fsp3) is 0.286. The number of aromatic nitrogens is 1. The van der Waals surface area contributed by atoms with Crippen LogP contribution >= 0.6 is 0 Å². The monoisotopic (exact) mass is 147 g/mol. The van der Waals surface area contributed by atoms with E-state index < -0.39 is 0 Å². The van der Waals surface area contributed by atoms with Gasteiger partial charge >= 0.3 is 0 Å². The predicted octanol–water partition coefficient (Wildman–Crippen LogP) is 0.980. The lowest BCUT2D eigenvalue weighted by atomic mass is 10.1. The maximum absolute atomic E-state index is 8.48. The van der Waals surface area contributed by atoms with E-state index in [1.54, 1.807) is 0 Å². The summed E-state index contributed by atoms with van der Waals surface area (Å²) in [7, 11) is 0. The molecule has 0 unspecified atom stereocenters. The molecular formula is C7H5N3O. The molecule has 0 aliphatic carbocycles. The molecule has 0 aromatic carbocycles. The second-order valence-electron chi connectivity index (χ2n) is 1.92. The Morgan fingerprint density at radius 1 is 1.45 bits per heavy atom. The van der Waals surface area contributed by atoms with Crippen molar-refractivity contribution >= 4 is 0 Å². The van der Waals surface area contributed by atoms with Crippen LogP contribution in [0.2, 0.25) is 0 Å². The molecule has 0 aliphatic heterocycles. The Bertz CT molecular complexity index is 308. The van der Waals surface area contributed by atoms with Crippen LogP contribution in [0.3, 0.4) is 0 Å². The van der Waals surface area contributed by atoms with Crippen LogP contribution in [-0.4, -0.2) is 5.16 Å². The van der Waals surface area contributed by atoms with Gasteiger partial charge in [-0.3, -0.25) is 0 Å². The Morgan fingerprint density at radius 2 is 2.18 bits per heavy atom. The molecule has 0 N–H and O–H groups in total. The van der Waals surface area contributed by atoms with Crippen LogP contribution in [-0.2, 0) is 6.42 Å². The number of hydrogen-bond donors (Lipinski definition) is 0. The molecule has 0 saturated carbocycles. The normalized spacial score (nSPS) is 8.64. The molecule has 0 saturated heterocycles. The van der Waals surface area contributed by atoms with E-state index in [1.807, 2.05) is 19.1 Å². The van der Waals surface area contributed by atoms with Crippen molar-refractivity contribution in [2.75, 3.05) is 0 Å². The molecule has 0 fully saturated rings. The molecule has 0 radical (unpaired) electrons. The van der Waals surface area contributed by atoms with Crippen LogP contribution in [0.1, 0.15) is 23.9 Å². The van der Waals surface area contributed by atoms with E-state index in [0.717, 1.165) is 0 Å². The first-order valence-electron chi connectivity index (χ1n) is 3.12. The zero-order chi connectivity index (χ0) is 8.27. The molecule has 1 heterocycles. The zero-order valence-electron chi connectivity index (χ0n) is 5.96. The summed E-state index contributed by atoms with van der Waals surface area (Å²) in [6, 6.07) is 3.67. The first-order chi connectivity index (χ1) is 5.33. The fourth-order valence-corrected chi connectivity index (χ4v) is 0.813. The SMILES string of the molecule is CCc1c(C#N)noc1C#N. The van der Waals surface area contributed by atoms with E-state index in [2.05, 4.69) is 9.68 Å². The summed E-state index contributed by atoms with van der Waals surface area (Å²) in [5.41, 5.74) is 0.805. The van der Waals surface area contributed by atoms with E-state index in [4.69, 9.17) is 10.5 Å². The summed E-state index contributed by atoms with van der Waals surface area (Å²) in [6.07, 6.45) is 0.593. The number of nitriles is 2. The largest absolute Gasteiger partial charge is 0.344 e. The van der Waals surface area contributed by atoms with Crippen LogP contribution in [0.4, 0.5) is 0 Å². The second-order valence-corrected chi connectivity index (χ2v) is 1.92. The van der Waals surface area contributed by atoms with Gasteiger partial charge in [-0.15, -0.1) is 0 Å². The van der Waals surface area contributed by atoms with Gasteiger partial charge in [0.2, 0.25) is 5.76 Å². The van der Waals surface area contributed by atoms with Gasteiger partial charge in [0, 0.05) is 5.56 Å². The Morgan fingerprint density at radius 3 is 2.64 bits per heavy atom. The molecule has 0 spiro atoms. The van der Waals surface area contributed by atoms with Gasteiger partial charge in [0.1, 0.15) is 12.1 Å². The minimum Gasteiger partial charge on any atom is -0.344 e. The van der Waals surface area contributed by atoms with Crippen LogP contribution in [0.25, 0.3) is 0 Å². The average Bonchev–Trinajstić information content (AvgIpc) is 2.45. The topological polar surface area (TPSA) is 73.6 Å². The Kier molecular flexibility index (Phi) is 1.89. The van der Waals surface area contributed by atoms with Gasteiger partial charge in [-0.1, -0.05) is 12.1 Å². The first kappa shape index (κ1) is 7.30. The lowest BCUT2D eigenvalue weighted by Gasteiger charge is -1.84. The first-order valence-corrected chi connectivity index (χ1v) is 3.12. The van der Waals surface area contributed by atoms with Gasteiger partial charge in [-0.05, 0) is 6.42 Å². The molecule has 4 nitrogen and oxygen atoms in total. The highest BCUT2D eigenvalue weighted by atomic mass is 16.5. The maximum atomic E-state index is 8.48. The van der Waals surface area contributed by atoms with E-state index in [0.29, 0.717) is 12.0 Å². The molecule has 11 heavy (non-hydrogen) atoms. The molecule has 54 valence electrons. The Balaban J connectivity index is 3.25. The van der Waals surface area contributed by atoms with Crippen molar-refractivity contribution in [3.63, 3.8) is 0 Å². The van der Waals surface area contributed by atoms with Gasteiger partial charge in [0.05, 0.1) is 0 Å². The number of hydrogen-bond acceptors (Lipinski definition) is 4. The Hall–Kier alpha value is -1.81. The molecule has 0 atom stereocenters. The van der Waals surface area contributed by atoms with E-state index >= 15 is 0 Å². The Labute approximate surface area is 63.6 Å². The number of nitrogens with zero attached hydrogens (tertiary/aromatic N) is 3. The zero-order valence-corrected chi connectivity index (χ0v) is 5.96. The van der Waals surface area contributed by atoms with Crippen molar-refractivity contribution in [1.29, 1.82) is 10.5 Å². The predicted molar refractivity (Wildman–Crippen MR) is 35.3 cm³/mol. The summed E-state index contributed by atoms with van der Waals surface area (Å²) < 4.78 is 4.59.